The first kappa shape index (κ1) is 18.0. The number of hydrogen-bond donors (Lipinski definition) is 2. The zero-order valence-electron chi connectivity index (χ0n) is 12.3. The van der Waals surface area contributed by atoms with Crippen LogP contribution in [0.25, 0.3) is 0 Å². The Balaban J connectivity index is 1.99. The number of hydrogen-bond acceptors (Lipinski definition) is 5. The van der Waals surface area contributed by atoms with E-state index in [9.17, 15) is 18.0 Å². The van der Waals surface area contributed by atoms with Gasteiger partial charge in [-0.3, -0.25) is 0 Å². The standard InChI is InChI=1S/C13H12ClF3N4O3/c1-23-6-11-20-10(21-24-11)5-18-12(22)19-9-3-2-7(14)4-8(9)13(15,16)17/h2-4H,5-6H2,1H3,(H2,18,19,22). The van der Waals surface area contributed by atoms with E-state index < -0.39 is 23.5 Å². The number of amides is 2. The fourth-order valence-corrected chi connectivity index (χ4v) is 1.90. The molecule has 24 heavy (non-hydrogen) atoms. The summed E-state index contributed by atoms with van der Waals surface area (Å²) in [6.45, 7) is -0.0209. The molecule has 2 rings (SSSR count). The number of carbonyl (C=O) groups excluding carboxylic acids is 1. The van der Waals surface area contributed by atoms with Crippen molar-refractivity contribution < 1.29 is 27.2 Å². The van der Waals surface area contributed by atoms with Gasteiger partial charge in [0.1, 0.15) is 6.61 Å². The predicted molar refractivity (Wildman–Crippen MR) is 77.3 cm³/mol. The minimum atomic E-state index is -4.66. The zero-order valence-corrected chi connectivity index (χ0v) is 13.0. The summed E-state index contributed by atoms with van der Waals surface area (Å²) in [5.74, 6) is 0.371. The fraction of sp³-hybridized carbons (Fsp3) is 0.308. The summed E-state index contributed by atoms with van der Waals surface area (Å²) in [6.07, 6.45) is -4.66. The van der Waals surface area contributed by atoms with Crippen LogP contribution < -0.4 is 10.6 Å². The van der Waals surface area contributed by atoms with Gasteiger partial charge in [-0.2, -0.15) is 18.2 Å². The lowest BCUT2D eigenvalue weighted by atomic mass is 10.1. The Morgan fingerprint density at radius 2 is 2.17 bits per heavy atom. The van der Waals surface area contributed by atoms with Crippen LogP contribution in [0.2, 0.25) is 5.02 Å². The molecule has 0 aliphatic rings. The number of nitrogens with zero attached hydrogens (tertiary/aromatic N) is 2. The second-order valence-electron chi connectivity index (χ2n) is 4.53. The summed E-state index contributed by atoms with van der Waals surface area (Å²) in [7, 11) is 1.44. The van der Waals surface area contributed by atoms with E-state index in [4.69, 9.17) is 20.9 Å². The van der Waals surface area contributed by atoms with Crippen LogP contribution in [0.15, 0.2) is 22.7 Å². The van der Waals surface area contributed by atoms with E-state index in [2.05, 4.69) is 20.8 Å². The van der Waals surface area contributed by atoms with Crippen molar-refractivity contribution in [3.8, 4) is 0 Å². The number of alkyl halides is 3. The molecule has 2 amide bonds. The molecule has 0 bridgehead atoms. The molecule has 1 aromatic carbocycles. The van der Waals surface area contributed by atoms with Crippen LogP contribution in [0, 0.1) is 0 Å². The molecule has 0 aliphatic carbocycles. The summed E-state index contributed by atoms with van der Waals surface area (Å²) < 4.78 is 48.4. The van der Waals surface area contributed by atoms with Crippen molar-refractivity contribution in [3.63, 3.8) is 0 Å². The highest BCUT2D eigenvalue weighted by atomic mass is 35.5. The molecule has 0 saturated heterocycles. The van der Waals surface area contributed by atoms with Gasteiger partial charge in [0.05, 0.1) is 17.8 Å². The quantitative estimate of drug-likeness (QED) is 0.850. The first-order valence-electron chi connectivity index (χ1n) is 6.51. The maximum Gasteiger partial charge on any atom is 0.418 e. The number of ether oxygens (including phenoxy) is 1. The summed E-state index contributed by atoms with van der Waals surface area (Å²) in [4.78, 5) is 15.7. The third-order valence-electron chi connectivity index (χ3n) is 2.72. The number of anilines is 1. The van der Waals surface area contributed by atoms with E-state index >= 15 is 0 Å². The van der Waals surface area contributed by atoms with Gasteiger partial charge >= 0.3 is 12.2 Å². The highest BCUT2D eigenvalue weighted by molar-refractivity contribution is 6.30. The topological polar surface area (TPSA) is 89.3 Å². The van der Waals surface area contributed by atoms with Gasteiger partial charge in [-0.05, 0) is 18.2 Å². The van der Waals surface area contributed by atoms with E-state index in [0.717, 1.165) is 12.1 Å². The Labute approximate surface area is 139 Å². The minimum absolute atomic E-state index is 0.0919. The molecule has 1 aromatic heterocycles. The largest absolute Gasteiger partial charge is 0.418 e. The van der Waals surface area contributed by atoms with E-state index in [1.165, 1.54) is 13.2 Å². The van der Waals surface area contributed by atoms with Crippen molar-refractivity contribution in [2.45, 2.75) is 19.3 Å². The molecule has 0 radical (unpaired) electrons. The van der Waals surface area contributed by atoms with Crippen LogP contribution in [0.4, 0.5) is 23.7 Å². The second-order valence-corrected chi connectivity index (χ2v) is 4.97. The molecule has 0 fully saturated rings. The van der Waals surface area contributed by atoms with Crippen molar-refractivity contribution in [1.29, 1.82) is 0 Å². The highest BCUT2D eigenvalue weighted by Gasteiger charge is 2.34. The molecular weight excluding hydrogens is 353 g/mol. The minimum Gasteiger partial charge on any atom is -0.375 e. The lowest BCUT2D eigenvalue weighted by Gasteiger charge is -2.14. The number of urea groups is 1. The Bertz CT molecular complexity index is 721. The molecule has 130 valence electrons. The van der Waals surface area contributed by atoms with Gasteiger partial charge in [0.15, 0.2) is 5.82 Å². The van der Waals surface area contributed by atoms with Gasteiger partial charge < -0.3 is 19.9 Å². The Kier molecular flexibility index (Phi) is 5.62. The van der Waals surface area contributed by atoms with Crippen LogP contribution in [0.5, 0.6) is 0 Å². The molecule has 0 atom stereocenters. The van der Waals surface area contributed by atoms with Gasteiger partial charge in [-0.15, -0.1) is 0 Å². The Hall–Kier alpha value is -2.33. The summed E-state index contributed by atoms with van der Waals surface area (Å²) in [5, 5.41) is 7.91. The van der Waals surface area contributed by atoms with E-state index in [1.54, 1.807) is 0 Å². The molecule has 2 aromatic rings. The smallest absolute Gasteiger partial charge is 0.375 e. The fourth-order valence-electron chi connectivity index (χ4n) is 1.73. The average molecular weight is 365 g/mol. The summed E-state index contributed by atoms with van der Waals surface area (Å²) >= 11 is 5.56. The van der Waals surface area contributed by atoms with Gasteiger partial charge in [0, 0.05) is 12.1 Å². The molecule has 7 nitrogen and oxygen atoms in total. The van der Waals surface area contributed by atoms with Gasteiger partial charge in [-0.25, -0.2) is 4.79 Å². The van der Waals surface area contributed by atoms with E-state index in [0.29, 0.717) is 0 Å². The number of nitrogens with one attached hydrogen (secondary N) is 2. The van der Waals surface area contributed by atoms with E-state index in [1.807, 2.05) is 0 Å². The number of benzene rings is 1. The molecule has 2 N–H and O–H groups in total. The van der Waals surface area contributed by atoms with Gasteiger partial charge in [0.2, 0.25) is 0 Å². The number of rotatable bonds is 5. The Morgan fingerprint density at radius 3 is 2.83 bits per heavy atom. The van der Waals surface area contributed by atoms with Crippen LogP contribution in [-0.4, -0.2) is 23.3 Å². The monoisotopic (exact) mass is 364 g/mol. The van der Waals surface area contributed by atoms with Gasteiger partial charge in [0.25, 0.3) is 5.89 Å². The van der Waals surface area contributed by atoms with Crippen molar-refractivity contribution in [3.05, 3.63) is 40.5 Å². The van der Waals surface area contributed by atoms with Crippen LogP contribution in [0.1, 0.15) is 17.3 Å². The van der Waals surface area contributed by atoms with Crippen LogP contribution >= 0.6 is 11.6 Å². The van der Waals surface area contributed by atoms with E-state index in [-0.39, 0.29) is 29.9 Å². The molecule has 0 unspecified atom stereocenters. The van der Waals surface area contributed by atoms with Crippen molar-refractivity contribution in [2.75, 3.05) is 12.4 Å². The highest BCUT2D eigenvalue weighted by Crippen LogP contribution is 2.36. The SMILES string of the molecule is COCc1nc(CNC(=O)Nc2ccc(Cl)cc2C(F)(F)F)no1. The number of carbonyl (C=O) groups is 1. The molecule has 0 spiro atoms. The normalized spacial score (nSPS) is 11.4. The Morgan fingerprint density at radius 1 is 1.42 bits per heavy atom. The lowest BCUT2D eigenvalue weighted by Crippen LogP contribution is -2.29. The first-order valence-corrected chi connectivity index (χ1v) is 6.89. The average Bonchev–Trinajstić information content (AvgIpc) is 2.94. The van der Waals surface area contributed by atoms with Crippen LogP contribution in [-0.2, 0) is 24.1 Å². The number of aromatic nitrogens is 2. The lowest BCUT2D eigenvalue weighted by molar-refractivity contribution is -0.136. The number of methoxy groups -OCH3 is 1. The second kappa shape index (κ2) is 7.49. The maximum atomic E-state index is 12.9. The number of halogens is 4. The molecule has 0 aliphatic heterocycles. The predicted octanol–water partition coefficient (Wildman–Crippen LogP) is 3.21. The first-order chi connectivity index (χ1) is 11.3. The van der Waals surface area contributed by atoms with Gasteiger partial charge in [-0.1, -0.05) is 16.8 Å². The summed E-state index contributed by atoms with van der Waals surface area (Å²) in [6, 6.07) is 2.17. The maximum absolute atomic E-state index is 12.9. The third kappa shape index (κ3) is 4.83. The van der Waals surface area contributed by atoms with Crippen molar-refractivity contribution in [1.82, 2.24) is 15.5 Å². The molecular formula is C13H12ClF3N4O3. The van der Waals surface area contributed by atoms with Crippen molar-refractivity contribution >= 4 is 23.3 Å². The molecule has 0 saturated carbocycles. The zero-order chi connectivity index (χ0) is 17.7. The van der Waals surface area contributed by atoms with Crippen LogP contribution in [0.3, 0.4) is 0 Å². The molecule has 1 heterocycles. The molecule has 11 heteroatoms. The summed E-state index contributed by atoms with van der Waals surface area (Å²) in [5.41, 5.74) is -1.47. The third-order valence-corrected chi connectivity index (χ3v) is 2.96. The van der Waals surface area contributed by atoms with Crippen molar-refractivity contribution in [2.24, 2.45) is 0 Å².